The zero-order chi connectivity index (χ0) is 12.3. The fourth-order valence-electron chi connectivity index (χ4n) is 1.86. The van der Waals surface area contributed by atoms with E-state index in [2.05, 4.69) is 32.7 Å². The van der Waals surface area contributed by atoms with Crippen molar-refractivity contribution in [2.45, 2.75) is 47.0 Å². The lowest BCUT2D eigenvalue weighted by molar-refractivity contribution is 0.101. The molecule has 2 unspecified atom stereocenters. The molecule has 0 saturated heterocycles. The Kier molecular flexibility index (Phi) is 4.27. The lowest BCUT2D eigenvalue weighted by atomic mass is 9.83. The Hall–Kier alpha value is -1.12. The largest absolute Gasteiger partial charge is 0.448 e. The van der Waals surface area contributed by atoms with Gasteiger partial charge in [-0.2, -0.15) is 0 Å². The first-order valence-electron chi connectivity index (χ1n) is 5.93. The number of rotatable bonds is 5. The third-order valence-corrected chi connectivity index (χ3v) is 3.33. The van der Waals surface area contributed by atoms with E-state index < -0.39 is 0 Å². The van der Waals surface area contributed by atoms with E-state index in [-0.39, 0.29) is 5.78 Å². The summed E-state index contributed by atoms with van der Waals surface area (Å²) in [6.07, 6.45) is 2.45. The van der Waals surface area contributed by atoms with Gasteiger partial charge in [-0.05, 0) is 18.3 Å². The van der Waals surface area contributed by atoms with E-state index >= 15 is 0 Å². The Morgan fingerprint density at radius 3 is 2.44 bits per heavy atom. The summed E-state index contributed by atoms with van der Waals surface area (Å²) in [7, 11) is 0. The Bertz CT molecular complexity index is 355. The van der Waals surface area contributed by atoms with Crippen LogP contribution in [0.15, 0.2) is 10.7 Å². The molecule has 0 aliphatic rings. The third kappa shape index (κ3) is 2.71. The van der Waals surface area contributed by atoms with Crippen LogP contribution in [-0.4, -0.2) is 10.8 Å². The molecular weight excluding hydrogens is 202 g/mol. The minimum atomic E-state index is -0.0398. The maximum Gasteiger partial charge on any atom is 0.198 e. The number of ketones is 1. The van der Waals surface area contributed by atoms with Gasteiger partial charge in [0.1, 0.15) is 12.0 Å². The van der Waals surface area contributed by atoms with E-state index in [4.69, 9.17) is 4.42 Å². The Morgan fingerprint density at radius 2 is 2.06 bits per heavy atom. The highest BCUT2D eigenvalue weighted by atomic mass is 16.3. The van der Waals surface area contributed by atoms with Gasteiger partial charge in [-0.15, -0.1) is 0 Å². The van der Waals surface area contributed by atoms with E-state index in [1.807, 2.05) is 0 Å². The molecule has 0 aliphatic carbocycles. The van der Waals surface area contributed by atoms with Gasteiger partial charge in [-0.25, -0.2) is 4.98 Å². The molecule has 0 bridgehead atoms. The van der Waals surface area contributed by atoms with Crippen LogP contribution in [0.1, 0.15) is 63.3 Å². The molecule has 0 amide bonds. The number of carbonyl (C=O) groups is 1. The fourth-order valence-corrected chi connectivity index (χ4v) is 1.86. The van der Waals surface area contributed by atoms with Crippen LogP contribution in [0.5, 0.6) is 0 Å². The normalized spacial score (nSPS) is 15.1. The first-order valence-corrected chi connectivity index (χ1v) is 5.93. The van der Waals surface area contributed by atoms with Gasteiger partial charge in [0.2, 0.25) is 0 Å². The van der Waals surface area contributed by atoms with Crippen LogP contribution in [-0.2, 0) is 0 Å². The second-order valence-electron chi connectivity index (χ2n) is 4.75. The predicted molar refractivity (Wildman–Crippen MR) is 63.5 cm³/mol. The van der Waals surface area contributed by atoms with Crippen molar-refractivity contribution < 1.29 is 9.21 Å². The number of oxazole rings is 1. The molecule has 2 atom stereocenters. The van der Waals surface area contributed by atoms with Crippen LogP contribution < -0.4 is 0 Å². The topological polar surface area (TPSA) is 43.1 Å². The molecule has 16 heavy (non-hydrogen) atoms. The van der Waals surface area contributed by atoms with E-state index in [0.717, 1.165) is 6.42 Å². The quantitative estimate of drug-likeness (QED) is 0.715. The van der Waals surface area contributed by atoms with Crippen molar-refractivity contribution in [3.8, 4) is 0 Å². The predicted octanol–water partition coefficient (Wildman–Crippen LogP) is 3.66. The summed E-state index contributed by atoms with van der Waals surface area (Å²) < 4.78 is 5.42. The molecule has 0 fully saturated rings. The number of carbonyl (C=O) groups excluding carboxylic acids is 1. The molecule has 0 aromatic carbocycles. The lowest BCUT2D eigenvalue weighted by Gasteiger charge is -2.22. The van der Waals surface area contributed by atoms with Crippen molar-refractivity contribution in [2.75, 3.05) is 0 Å². The molecule has 1 aromatic heterocycles. The van der Waals surface area contributed by atoms with Crippen LogP contribution in [0, 0.1) is 11.8 Å². The molecule has 90 valence electrons. The Balaban J connectivity index is 2.91. The van der Waals surface area contributed by atoms with Crippen molar-refractivity contribution in [3.05, 3.63) is 17.8 Å². The summed E-state index contributed by atoms with van der Waals surface area (Å²) in [4.78, 5) is 15.4. The van der Waals surface area contributed by atoms with Crippen molar-refractivity contribution in [2.24, 2.45) is 11.8 Å². The van der Waals surface area contributed by atoms with Gasteiger partial charge in [0.15, 0.2) is 11.7 Å². The molecule has 0 radical (unpaired) electrons. The summed E-state index contributed by atoms with van der Waals surface area (Å²) in [5.41, 5.74) is 0.435. The maximum atomic E-state index is 11.2. The van der Waals surface area contributed by atoms with E-state index in [0.29, 0.717) is 29.3 Å². The molecule has 1 rings (SSSR count). The van der Waals surface area contributed by atoms with Gasteiger partial charge in [0.05, 0.1) is 0 Å². The van der Waals surface area contributed by atoms with Crippen LogP contribution >= 0.6 is 0 Å². The van der Waals surface area contributed by atoms with E-state index in [9.17, 15) is 4.79 Å². The van der Waals surface area contributed by atoms with Crippen molar-refractivity contribution >= 4 is 5.78 Å². The summed E-state index contributed by atoms with van der Waals surface area (Å²) in [5, 5.41) is 0. The first kappa shape index (κ1) is 12.9. The van der Waals surface area contributed by atoms with Gasteiger partial charge in [-0.3, -0.25) is 4.79 Å². The minimum Gasteiger partial charge on any atom is -0.448 e. The monoisotopic (exact) mass is 223 g/mol. The number of aromatic nitrogens is 1. The summed E-state index contributed by atoms with van der Waals surface area (Å²) >= 11 is 0. The highest BCUT2D eigenvalue weighted by Gasteiger charge is 2.25. The average molecular weight is 223 g/mol. The smallest absolute Gasteiger partial charge is 0.198 e. The maximum absolute atomic E-state index is 11.2. The average Bonchev–Trinajstić information content (AvgIpc) is 2.68. The molecule has 1 heterocycles. The van der Waals surface area contributed by atoms with Crippen LogP contribution in [0.2, 0.25) is 0 Å². The van der Waals surface area contributed by atoms with E-state index in [1.165, 1.54) is 13.2 Å². The first-order chi connectivity index (χ1) is 7.47. The molecule has 0 saturated carbocycles. The van der Waals surface area contributed by atoms with Crippen LogP contribution in [0.25, 0.3) is 0 Å². The highest BCUT2D eigenvalue weighted by Crippen LogP contribution is 2.32. The van der Waals surface area contributed by atoms with E-state index in [1.54, 1.807) is 0 Å². The minimum absolute atomic E-state index is 0.0398. The number of nitrogens with zero attached hydrogens (tertiary/aromatic N) is 1. The van der Waals surface area contributed by atoms with Crippen molar-refractivity contribution in [3.63, 3.8) is 0 Å². The Morgan fingerprint density at radius 1 is 1.44 bits per heavy atom. The van der Waals surface area contributed by atoms with Gasteiger partial charge < -0.3 is 4.42 Å². The number of hydrogen-bond acceptors (Lipinski definition) is 3. The van der Waals surface area contributed by atoms with Crippen molar-refractivity contribution in [1.29, 1.82) is 0 Å². The van der Waals surface area contributed by atoms with Gasteiger partial charge in [0, 0.05) is 12.8 Å². The third-order valence-electron chi connectivity index (χ3n) is 3.33. The fraction of sp³-hybridized carbons (Fsp3) is 0.692. The Labute approximate surface area is 97.3 Å². The number of Topliss-reactive ketones (excluding diaryl/α,β-unsaturated/α-hetero) is 1. The van der Waals surface area contributed by atoms with Crippen LogP contribution in [0.4, 0.5) is 0 Å². The molecule has 3 nitrogen and oxygen atoms in total. The number of hydrogen-bond donors (Lipinski definition) is 0. The van der Waals surface area contributed by atoms with Gasteiger partial charge >= 0.3 is 0 Å². The summed E-state index contributed by atoms with van der Waals surface area (Å²) in [5.74, 6) is 2.05. The lowest BCUT2D eigenvalue weighted by Crippen LogP contribution is -2.15. The second-order valence-corrected chi connectivity index (χ2v) is 4.75. The van der Waals surface area contributed by atoms with Gasteiger partial charge in [-0.1, -0.05) is 27.7 Å². The van der Waals surface area contributed by atoms with Crippen LogP contribution in [0.3, 0.4) is 0 Å². The molecule has 0 N–H and O–H groups in total. The molecule has 3 heteroatoms. The van der Waals surface area contributed by atoms with Gasteiger partial charge in [0.25, 0.3) is 0 Å². The summed E-state index contributed by atoms with van der Waals surface area (Å²) in [6, 6.07) is 0. The molecular formula is C13H21NO2. The summed E-state index contributed by atoms with van der Waals surface area (Å²) in [6.45, 7) is 10.2. The SMILES string of the molecule is CCC(c1nc(C(C)=O)co1)C(C)C(C)C. The highest BCUT2D eigenvalue weighted by molar-refractivity contribution is 5.91. The zero-order valence-electron chi connectivity index (χ0n) is 10.8. The zero-order valence-corrected chi connectivity index (χ0v) is 10.8. The molecule has 1 aromatic rings. The van der Waals surface area contributed by atoms with Crippen molar-refractivity contribution in [1.82, 2.24) is 4.98 Å². The molecule has 0 spiro atoms. The standard InChI is InChI=1S/C13H21NO2/c1-6-11(9(4)8(2)3)13-14-12(7-16-13)10(5)15/h7-9,11H,6H2,1-5H3. The molecule has 0 aliphatic heterocycles. The second kappa shape index (κ2) is 5.28.